The summed E-state index contributed by atoms with van der Waals surface area (Å²) in [6.45, 7) is 3.85. The minimum absolute atomic E-state index is 0.304. The highest BCUT2D eigenvalue weighted by atomic mass is 17.2. The predicted octanol–water partition coefficient (Wildman–Crippen LogP) is 0.322. The Kier molecular flexibility index (Phi) is 14.3. The van der Waals surface area contributed by atoms with E-state index in [0.29, 0.717) is 6.54 Å². The molecule has 78 valence electrons. The molecule has 3 N–H and O–H groups in total. The summed E-state index contributed by atoms with van der Waals surface area (Å²) in [5, 5.41) is 19.1. The van der Waals surface area contributed by atoms with E-state index in [-0.39, 0.29) is 5.97 Å². The fourth-order valence-electron chi connectivity index (χ4n) is 0.204. The zero-order valence-electron chi connectivity index (χ0n) is 7.13. The topological polar surface area (TPSA) is 122 Å². The van der Waals surface area contributed by atoms with Crippen LogP contribution in [-0.2, 0) is 19.6 Å². The van der Waals surface area contributed by atoms with Crippen LogP contribution in [0.1, 0.15) is 13.8 Å². The molecular weight excluding hydrogens is 186 g/mol. The summed E-state index contributed by atoms with van der Waals surface area (Å²) in [5.41, 5.74) is 2.40. The van der Waals surface area contributed by atoms with E-state index in [1.807, 2.05) is 6.92 Å². The Morgan fingerprint density at radius 1 is 1.38 bits per heavy atom. The molecule has 0 spiro atoms. The van der Waals surface area contributed by atoms with Crippen molar-refractivity contribution in [2.45, 2.75) is 13.8 Å². The quantitative estimate of drug-likeness (QED) is 0.337. The molecule has 0 aromatic rings. The van der Waals surface area contributed by atoms with Crippen LogP contribution in [0.4, 0.5) is 0 Å². The number of rotatable bonds is 4. The Balaban J connectivity index is 0. The van der Waals surface area contributed by atoms with Gasteiger partial charge < -0.3 is 4.84 Å². The minimum Gasteiger partial charge on any atom is -0.371 e. The van der Waals surface area contributed by atoms with Crippen LogP contribution < -0.4 is 5.48 Å². The van der Waals surface area contributed by atoms with Gasteiger partial charge in [0, 0.05) is 13.5 Å². The van der Waals surface area contributed by atoms with Crippen molar-refractivity contribution in [1.29, 1.82) is 0 Å². The summed E-state index contributed by atoms with van der Waals surface area (Å²) >= 11 is 0. The lowest BCUT2D eigenvalue weighted by Gasteiger charge is -1.95. The highest BCUT2D eigenvalue weighted by molar-refractivity contribution is 5.65. The fourth-order valence-corrected chi connectivity index (χ4v) is 0.204. The van der Waals surface area contributed by atoms with E-state index in [1.165, 1.54) is 6.92 Å². The highest BCUT2D eigenvalue weighted by Crippen LogP contribution is 1.69. The summed E-state index contributed by atoms with van der Waals surface area (Å²) in [7, 11) is 0. The number of hydrogen-bond acceptors (Lipinski definition) is 9. The van der Waals surface area contributed by atoms with E-state index >= 15 is 0 Å². The summed E-state index contributed by atoms with van der Waals surface area (Å²) in [4.78, 5) is 20.1. The predicted molar refractivity (Wildman–Crippen MR) is 37.7 cm³/mol. The molecule has 0 aliphatic heterocycles. The zero-order chi connectivity index (χ0) is 10.5. The average Bonchev–Trinajstić information content (AvgIpc) is 2.12. The zero-order valence-corrected chi connectivity index (χ0v) is 7.13. The van der Waals surface area contributed by atoms with E-state index in [2.05, 4.69) is 30.8 Å². The lowest BCUT2D eigenvalue weighted by atomic mass is 10.8. The van der Waals surface area contributed by atoms with Gasteiger partial charge in [-0.25, -0.2) is 0 Å². The molecular formula is C4H11N3O6. The van der Waals surface area contributed by atoms with Crippen LogP contribution in [0.3, 0.4) is 0 Å². The van der Waals surface area contributed by atoms with Crippen molar-refractivity contribution in [3.05, 3.63) is 0 Å². The van der Waals surface area contributed by atoms with Crippen LogP contribution >= 0.6 is 0 Å². The van der Waals surface area contributed by atoms with Crippen LogP contribution in [0.5, 0.6) is 0 Å². The van der Waals surface area contributed by atoms with Gasteiger partial charge in [0.15, 0.2) is 0 Å². The molecule has 0 atom stereocenters. The minimum atomic E-state index is -0.304. The van der Waals surface area contributed by atoms with Gasteiger partial charge in [-0.15, -0.1) is 0 Å². The summed E-state index contributed by atoms with van der Waals surface area (Å²) in [5.74, 6) is -0.304. The van der Waals surface area contributed by atoms with Gasteiger partial charge in [-0.3, -0.25) is 4.79 Å². The maximum Gasteiger partial charge on any atom is 0.321 e. The van der Waals surface area contributed by atoms with Crippen molar-refractivity contribution in [2.75, 3.05) is 6.54 Å². The molecule has 0 aliphatic rings. The Hall–Kier alpha value is -1.45. The van der Waals surface area contributed by atoms with Crippen molar-refractivity contribution in [3.8, 4) is 0 Å². The molecule has 0 amide bonds. The standard InChI is InChI=1S/C4H9NO2.H2N2O4/c1-3-5-7-4(2)6;3-5-1-2-6-4/h5H,3H2,1-2H3;3-4H/b;2-1+. The average molecular weight is 197 g/mol. The van der Waals surface area contributed by atoms with E-state index in [0.717, 1.165) is 0 Å². The Bertz CT molecular complexity index is 134. The van der Waals surface area contributed by atoms with Crippen LogP contribution in [0.15, 0.2) is 10.6 Å². The molecule has 13 heavy (non-hydrogen) atoms. The smallest absolute Gasteiger partial charge is 0.321 e. The molecule has 0 aromatic heterocycles. The van der Waals surface area contributed by atoms with E-state index in [4.69, 9.17) is 10.5 Å². The molecule has 0 aliphatic carbocycles. The lowest BCUT2D eigenvalue weighted by Crippen LogP contribution is -2.16. The third kappa shape index (κ3) is 25.0. The second-order valence-electron chi connectivity index (χ2n) is 1.42. The molecule has 0 aromatic carbocycles. The van der Waals surface area contributed by atoms with Crippen LogP contribution in [0.2, 0.25) is 0 Å². The third-order valence-electron chi connectivity index (χ3n) is 0.467. The van der Waals surface area contributed by atoms with Crippen LogP contribution in [0.25, 0.3) is 0 Å². The van der Waals surface area contributed by atoms with Gasteiger partial charge in [0.25, 0.3) is 0 Å². The summed E-state index contributed by atoms with van der Waals surface area (Å²) in [6, 6.07) is 0. The van der Waals surface area contributed by atoms with E-state index < -0.39 is 0 Å². The Morgan fingerprint density at radius 3 is 2.00 bits per heavy atom. The third-order valence-corrected chi connectivity index (χ3v) is 0.467. The van der Waals surface area contributed by atoms with Gasteiger partial charge in [0.1, 0.15) is 10.6 Å². The molecule has 0 fully saturated rings. The van der Waals surface area contributed by atoms with Crippen LogP contribution in [-0.4, -0.2) is 23.0 Å². The molecule has 0 radical (unpaired) electrons. The highest BCUT2D eigenvalue weighted by Gasteiger charge is 1.84. The van der Waals surface area contributed by atoms with Crippen molar-refractivity contribution in [1.82, 2.24) is 5.48 Å². The second-order valence-corrected chi connectivity index (χ2v) is 1.42. The molecule has 0 saturated heterocycles. The largest absolute Gasteiger partial charge is 0.371 e. The molecule has 0 rings (SSSR count). The van der Waals surface area contributed by atoms with Gasteiger partial charge in [-0.05, 0) is 6.92 Å². The van der Waals surface area contributed by atoms with Gasteiger partial charge in [-0.2, -0.15) is 26.0 Å². The first kappa shape index (κ1) is 14.1. The molecule has 9 nitrogen and oxygen atoms in total. The maximum absolute atomic E-state index is 9.92. The van der Waals surface area contributed by atoms with E-state index in [9.17, 15) is 4.79 Å². The first-order chi connectivity index (χ1) is 6.18. The number of hydroxylamine groups is 1. The normalized spacial score (nSPS) is 8.62. The van der Waals surface area contributed by atoms with Gasteiger partial charge >= 0.3 is 5.97 Å². The Morgan fingerprint density at radius 2 is 1.85 bits per heavy atom. The van der Waals surface area contributed by atoms with Gasteiger partial charge in [-0.1, -0.05) is 0 Å². The van der Waals surface area contributed by atoms with Crippen LogP contribution in [0, 0.1) is 0 Å². The van der Waals surface area contributed by atoms with Crippen molar-refractivity contribution in [2.24, 2.45) is 10.6 Å². The fraction of sp³-hybridized carbons (Fsp3) is 0.750. The molecule has 0 bridgehead atoms. The Labute approximate surface area is 73.6 Å². The van der Waals surface area contributed by atoms with E-state index in [1.54, 1.807) is 0 Å². The van der Waals surface area contributed by atoms with Gasteiger partial charge in [0.05, 0.1) is 0 Å². The molecule has 0 unspecified atom stereocenters. The lowest BCUT2D eigenvalue weighted by molar-refractivity contribution is -0.299. The first-order valence-electron chi connectivity index (χ1n) is 3.10. The number of carbonyl (C=O) groups excluding carboxylic acids is 1. The summed E-state index contributed by atoms with van der Waals surface area (Å²) < 4.78 is 0. The monoisotopic (exact) mass is 197 g/mol. The van der Waals surface area contributed by atoms with Crippen molar-refractivity contribution >= 4 is 5.97 Å². The maximum atomic E-state index is 9.92. The molecule has 0 heterocycles. The SMILES string of the molecule is CCNOC(C)=O.OO/N=N/OO. The van der Waals surface area contributed by atoms with Crippen molar-refractivity contribution in [3.63, 3.8) is 0 Å². The first-order valence-corrected chi connectivity index (χ1v) is 3.10. The number of nitrogens with zero attached hydrogens (tertiary/aromatic N) is 2. The second kappa shape index (κ2) is 13.2. The number of nitrogens with one attached hydrogen (secondary N) is 1. The number of carbonyl (C=O) groups is 1. The summed E-state index contributed by atoms with van der Waals surface area (Å²) in [6.07, 6.45) is 0. The van der Waals surface area contributed by atoms with Crippen molar-refractivity contribution < 1.29 is 30.1 Å². The van der Waals surface area contributed by atoms with Gasteiger partial charge in [0.2, 0.25) is 0 Å². The molecule has 9 heteroatoms. The number of hydrogen-bond donors (Lipinski definition) is 3. The molecule has 0 saturated carbocycles.